The molecular formula is C20H25N3O2S. The predicted molar refractivity (Wildman–Crippen MR) is 103 cm³/mol. The molecule has 1 aromatic heterocycles. The average Bonchev–Trinajstić information content (AvgIpc) is 3.11. The van der Waals surface area contributed by atoms with Crippen LogP contribution in [0.3, 0.4) is 0 Å². The summed E-state index contributed by atoms with van der Waals surface area (Å²) in [5.74, 6) is 0.0392. The lowest BCUT2D eigenvalue weighted by molar-refractivity contribution is -0.131. The van der Waals surface area contributed by atoms with E-state index in [9.17, 15) is 9.90 Å². The van der Waals surface area contributed by atoms with Crippen LogP contribution in [0.25, 0.3) is 0 Å². The highest BCUT2D eigenvalue weighted by Crippen LogP contribution is 2.32. The predicted octanol–water partition coefficient (Wildman–Crippen LogP) is 4.07. The van der Waals surface area contributed by atoms with Gasteiger partial charge in [0.05, 0.1) is 11.3 Å². The fourth-order valence-electron chi connectivity index (χ4n) is 3.88. The largest absolute Gasteiger partial charge is 0.492 e. The summed E-state index contributed by atoms with van der Waals surface area (Å²) in [5, 5.41) is 14.4. The van der Waals surface area contributed by atoms with Gasteiger partial charge in [0.25, 0.3) is 0 Å². The molecule has 1 aliphatic heterocycles. The van der Waals surface area contributed by atoms with Crippen LogP contribution >= 0.6 is 11.3 Å². The number of thiazole rings is 1. The summed E-state index contributed by atoms with van der Waals surface area (Å²) < 4.78 is 0. The number of hydrogen-bond donors (Lipinski definition) is 2. The lowest BCUT2D eigenvalue weighted by atomic mass is 10.1. The fourth-order valence-corrected chi connectivity index (χ4v) is 4.80. The van der Waals surface area contributed by atoms with Gasteiger partial charge in [-0.1, -0.05) is 61.3 Å². The smallest absolute Gasteiger partial charge is 0.228 e. The summed E-state index contributed by atoms with van der Waals surface area (Å²) >= 11 is 1.41. The Labute approximate surface area is 158 Å². The SMILES string of the molecule is O=C(Cc1sc(NC2CCCCCC2)nc1O)N1Cc2ccccc2C1. The Morgan fingerprint density at radius 1 is 1.15 bits per heavy atom. The summed E-state index contributed by atoms with van der Waals surface area (Å²) in [6.45, 7) is 1.31. The molecule has 0 bridgehead atoms. The van der Waals surface area contributed by atoms with E-state index in [0.717, 1.165) is 18.0 Å². The molecule has 5 nitrogen and oxygen atoms in total. The monoisotopic (exact) mass is 371 g/mol. The number of nitrogens with one attached hydrogen (secondary N) is 1. The zero-order valence-electron chi connectivity index (χ0n) is 14.9. The Balaban J connectivity index is 1.38. The molecule has 1 aliphatic carbocycles. The maximum absolute atomic E-state index is 12.7. The van der Waals surface area contributed by atoms with Crippen molar-refractivity contribution < 1.29 is 9.90 Å². The molecule has 2 heterocycles. The molecule has 1 aromatic carbocycles. The summed E-state index contributed by atoms with van der Waals surface area (Å²) in [6.07, 6.45) is 7.62. The molecule has 2 aromatic rings. The summed E-state index contributed by atoms with van der Waals surface area (Å²) in [5.41, 5.74) is 2.43. The average molecular weight is 372 g/mol. The number of anilines is 1. The van der Waals surface area contributed by atoms with Crippen LogP contribution in [-0.4, -0.2) is 26.9 Å². The van der Waals surface area contributed by atoms with Crippen molar-refractivity contribution in [2.45, 2.75) is 64.1 Å². The lowest BCUT2D eigenvalue weighted by Crippen LogP contribution is -2.26. The van der Waals surface area contributed by atoms with E-state index in [0.29, 0.717) is 24.0 Å². The van der Waals surface area contributed by atoms with Gasteiger partial charge < -0.3 is 15.3 Å². The molecule has 4 rings (SSSR count). The van der Waals surface area contributed by atoms with Crippen LogP contribution in [-0.2, 0) is 24.3 Å². The van der Waals surface area contributed by atoms with Gasteiger partial charge in [0, 0.05) is 19.1 Å². The van der Waals surface area contributed by atoms with Crippen molar-refractivity contribution >= 4 is 22.4 Å². The molecule has 1 saturated carbocycles. The van der Waals surface area contributed by atoms with Gasteiger partial charge >= 0.3 is 0 Å². The first kappa shape index (κ1) is 17.3. The number of aromatic nitrogens is 1. The molecule has 138 valence electrons. The number of carbonyl (C=O) groups is 1. The van der Waals surface area contributed by atoms with E-state index in [-0.39, 0.29) is 18.2 Å². The third-order valence-corrected chi connectivity index (χ3v) is 6.34. The Morgan fingerprint density at radius 2 is 1.81 bits per heavy atom. The summed E-state index contributed by atoms with van der Waals surface area (Å²) in [4.78, 5) is 19.4. The third kappa shape index (κ3) is 3.85. The molecule has 2 aliphatic rings. The first-order valence-corrected chi connectivity index (χ1v) is 10.3. The topological polar surface area (TPSA) is 65.5 Å². The van der Waals surface area contributed by atoms with E-state index < -0.39 is 0 Å². The van der Waals surface area contributed by atoms with E-state index in [1.165, 1.54) is 48.1 Å². The standard InChI is InChI=1S/C20H25N3O2S/c24-18(23-12-14-7-5-6-8-15(14)13-23)11-17-19(25)22-20(26-17)21-16-9-3-1-2-4-10-16/h5-8,16,25H,1-4,9-13H2,(H,21,22). The van der Waals surface area contributed by atoms with Crippen LogP contribution in [0.4, 0.5) is 5.13 Å². The number of fused-ring (bicyclic) bond motifs is 1. The van der Waals surface area contributed by atoms with Crippen molar-refractivity contribution in [2.75, 3.05) is 5.32 Å². The second kappa shape index (κ2) is 7.66. The highest BCUT2D eigenvalue weighted by molar-refractivity contribution is 7.16. The quantitative estimate of drug-likeness (QED) is 0.795. The van der Waals surface area contributed by atoms with E-state index in [1.54, 1.807) is 0 Å². The van der Waals surface area contributed by atoms with Crippen molar-refractivity contribution in [3.05, 3.63) is 40.3 Å². The van der Waals surface area contributed by atoms with Crippen LogP contribution in [0.5, 0.6) is 5.88 Å². The van der Waals surface area contributed by atoms with E-state index in [2.05, 4.69) is 22.4 Å². The minimum atomic E-state index is -0.00353. The van der Waals surface area contributed by atoms with Gasteiger partial charge in [-0.2, -0.15) is 4.98 Å². The van der Waals surface area contributed by atoms with Gasteiger partial charge in [0.2, 0.25) is 11.8 Å². The van der Waals surface area contributed by atoms with Crippen LogP contribution in [0.15, 0.2) is 24.3 Å². The Kier molecular flexibility index (Phi) is 5.11. The van der Waals surface area contributed by atoms with Crippen LogP contribution < -0.4 is 5.32 Å². The van der Waals surface area contributed by atoms with Crippen LogP contribution in [0.2, 0.25) is 0 Å². The minimum absolute atomic E-state index is 0.00353. The van der Waals surface area contributed by atoms with Crippen molar-refractivity contribution in [1.82, 2.24) is 9.88 Å². The number of nitrogens with zero attached hydrogens (tertiary/aromatic N) is 2. The van der Waals surface area contributed by atoms with Crippen LogP contribution in [0, 0.1) is 0 Å². The van der Waals surface area contributed by atoms with Gasteiger partial charge in [0.15, 0.2) is 5.13 Å². The van der Waals surface area contributed by atoms with Gasteiger partial charge in [-0.3, -0.25) is 4.79 Å². The number of hydrogen-bond acceptors (Lipinski definition) is 5. The van der Waals surface area contributed by atoms with Crippen molar-refractivity contribution in [1.29, 1.82) is 0 Å². The Bertz CT molecular complexity index is 756. The number of carbonyl (C=O) groups excluding carboxylic acids is 1. The summed E-state index contributed by atoms with van der Waals surface area (Å²) in [7, 11) is 0. The fraction of sp³-hybridized carbons (Fsp3) is 0.500. The zero-order chi connectivity index (χ0) is 17.9. The zero-order valence-corrected chi connectivity index (χ0v) is 15.7. The molecule has 1 amide bonds. The van der Waals surface area contributed by atoms with Gasteiger partial charge in [-0.05, 0) is 24.0 Å². The molecule has 0 saturated heterocycles. The maximum atomic E-state index is 12.7. The Morgan fingerprint density at radius 3 is 2.46 bits per heavy atom. The molecule has 6 heteroatoms. The number of rotatable bonds is 4. The van der Waals surface area contributed by atoms with Gasteiger partial charge in [-0.25, -0.2) is 0 Å². The second-order valence-corrected chi connectivity index (χ2v) is 8.38. The molecule has 0 atom stereocenters. The van der Waals surface area contributed by atoms with Crippen molar-refractivity contribution in [2.24, 2.45) is 0 Å². The van der Waals surface area contributed by atoms with Crippen molar-refractivity contribution in [3.63, 3.8) is 0 Å². The first-order valence-electron chi connectivity index (χ1n) is 9.49. The van der Waals surface area contributed by atoms with Gasteiger partial charge in [0.1, 0.15) is 0 Å². The molecule has 0 radical (unpaired) electrons. The van der Waals surface area contributed by atoms with Gasteiger partial charge in [-0.15, -0.1) is 0 Å². The first-order chi connectivity index (χ1) is 12.7. The van der Waals surface area contributed by atoms with E-state index in [4.69, 9.17) is 0 Å². The lowest BCUT2D eigenvalue weighted by Gasteiger charge is -2.15. The third-order valence-electron chi connectivity index (χ3n) is 5.36. The highest BCUT2D eigenvalue weighted by atomic mass is 32.1. The number of amides is 1. The molecule has 0 unspecified atom stereocenters. The maximum Gasteiger partial charge on any atom is 0.228 e. The normalized spacial score (nSPS) is 17.8. The van der Waals surface area contributed by atoms with Crippen molar-refractivity contribution in [3.8, 4) is 5.88 Å². The second-order valence-electron chi connectivity index (χ2n) is 7.29. The molecule has 2 N–H and O–H groups in total. The molecule has 26 heavy (non-hydrogen) atoms. The van der Waals surface area contributed by atoms with E-state index in [1.807, 2.05) is 17.0 Å². The minimum Gasteiger partial charge on any atom is -0.492 e. The molecule has 1 fully saturated rings. The van der Waals surface area contributed by atoms with E-state index >= 15 is 0 Å². The van der Waals surface area contributed by atoms with Crippen LogP contribution in [0.1, 0.15) is 54.5 Å². The number of benzene rings is 1. The molecule has 0 spiro atoms. The molecular weight excluding hydrogens is 346 g/mol. The number of aromatic hydroxyl groups is 1. The summed E-state index contributed by atoms with van der Waals surface area (Å²) in [6, 6.07) is 8.59. The Hall–Kier alpha value is -2.08. The highest BCUT2D eigenvalue weighted by Gasteiger charge is 2.25.